The van der Waals surface area contributed by atoms with E-state index in [1.165, 1.54) is 0 Å². The maximum absolute atomic E-state index is 12.6. The molecule has 0 bridgehead atoms. The Hall–Kier alpha value is -0.660. The van der Waals surface area contributed by atoms with E-state index in [0.29, 0.717) is 0 Å². The summed E-state index contributed by atoms with van der Waals surface area (Å²) in [7, 11) is -0.285. The van der Waals surface area contributed by atoms with E-state index in [4.69, 9.17) is 5.73 Å². The molecule has 0 aromatic carbocycles. The fourth-order valence-electron chi connectivity index (χ4n) is 1.98. The van der Waals surface area contributed by atoms with Gasteiger partial charge in [0, 0.05) is 10.9 Å². The van der Waals surface area contributed by atoms with Gasteiger partial charge in [0.15, 0.2) is 0 Å². The van der Waals surface area contributed by atoms with E-state index in [-0.39, 0.29) is 20.0 Å². The molecule has 1 rings (SSSR count). The normalized spacial score (nSPS) is 20.3. The second-order valence-corrected chi connectivity index (χ2v) is 8.30. The van der Waals surface area contributed by atoms with Gasteiger partial charge in [-0.05, 0) is 24.5 Å². The van der Waals surface area contributed by atoms with Crippen molar-refractivity contribution in [3.05, 3.63) is 23.7 Å². The van der Waals surface area contributed by atoms with E-state index >= 15 is 0 Å². The standard InChI is InChI=1S/C14H25N2OP/c1-6-18(7-2)12-10-8-9-11(15)16(12)13(17)14(3,4)5/h8-11H,6-7,15H2,1-5H3. The largest absolute Gasteiger partial charge is 0.308 e. The Labute approximate surface area is 112 Å². The molecule has 102 valence electrons. The van der Waals surface area contributed by atoms with Crippen LogP contribution >= 0.6 is 7.92 Å². The highest BCUT2D eigenvalue weighted by atomic mass is 31.1. The molecule has 0 aromatic heterocycles. The predicted molar refractivity (Wildman–Crippen MR) is 79.5 cm³/mol. The summed E-state index contributed by atoms with van der Waals surface area (Å²) in [4.78, 5) is 14.4. The van der Waals surface area contributed by atoms with Crippen LogP contribution in [0.5, 0.6) is 0 Å². The van der Waals surface area contributed by atoms with Crippen LogP contribution in [0.4, 0.5) is 0 Å². The summed E-state index contributed by atoms with van der Waals surface area (Å²) in [5.41, 5.74) is 6.83. The van der Waals surface area contributed by atoms with E-state index in [0.717, 1.165) is 17.8 Å². The number of rotatable bonds is 3. The Morgan fingerprint density at radius 2 is 1.94 bits per heavy atom. The van der Waals surface area contributed by atoms with Gasteiger partial charge in [-0.2, -0.15) is 0 Å². The van der Waals surface area contributed by atoms with Crippen molar-refractivity contribution in [2.45, 2.75) is 40.8 Å². The second-order valence-electron chi connectivity index (χ2n) is 5.50. The molecule has 0 saturated carbocycles. The van der Waals surface area contributed by atoms with E-state index in [9.17, 15) is 4.79 Å². The van der Waals surface area contributed by atoms with Crippen LogP contribution in [0, 0.1) is 5.41 Å². The molecule has 1 atom stereocenters. The van der Waals surface area contributed by atoms with Crippen LogP contribution in [0.15, 0.2) is 23.7 Å². The maximum atomic E-state index is 12.6. The molecule has 0 fully saturated rings. The summed E-state index contributed by atoms with van der Waals surface area (Å²) in [6.45, 7) is 10.2. The number of nitrogens with zero attached hydrogens (tertiary/aromatic N) is 1. The first-order valence-corrected chi connectivity index (χ1v) is 8.26. The molecule has 4 heteroatoms. The minimum atomic E-state index is -0.398. The van der Waals surface area contributed by atoms with Gasteiger partial charge in [-0.1, -0.05) is 48.6 Å². The van der Waals surface area contributed by atoms with Gasteiger partial charge in [-0.15, -0.1) is 0 Å². The fraction of sp³-hybridized carbons (Fsp3) is 0.643. The zero-order valence-electron chi connectivity index (χ0n) is 12.1. The first kappa shape index (κ1) is 15.4. The van der Waals surface area contributed by atoms with Crippen LogP contribution in [0.25, 0.3) is 0 Å². The lowest BCUT2D eigenvalue weighted by atomic mass is 9.94. The molecule has 1 aliphatic rings. The van der Waals surface area contributed by atoms with E-state index in [1.807, 2.05) is 32.9 Å². The molecule has 0 spiro atoms. The van der Waals surface area contributed by atoms with Crippen LogP contribution in [0.3, 0.4) is 0 Å². The first-order valence-electron chi connectivity index (χ1n) is 6.55. The van der Waals surface area contributed by atoms with Crippen LogP contribution in [0.1, 0.15) is 34.6 Å². The Morgan fingerprint density at radius 1 is 1.39 bits per heavy atom. The number of carbonyl (C=O) groups is 1. The van der Waals surface area contributed by atoms with Crippen LogP contribution in [-0.4, -0.2) is 29.3 Å². The average Bonchev–Trinajstić information content (AvgIpc) is 2.29. The number of carbonyl (C=O) groups excluding carboxylic acids is 1. The topological polar surface area (TPSA) is 46.3 Å². The smallest absolute Gasteiger partial charge is 0.233 e. The van der Waals surface area contributed by atoms with Gasteiger partial charge in [0.2, 0.25) is 5.91 Å². The summed E-state index contributed by atoms with van der Waals surface area (Å²) in [5, 5.41) is 0. The van der Waals surface area contributed by atoms with Gasteiger partial charge >= 0.3 is 0 Å². The maximum Gasteiger partial charge on any atom is 0.233 e. The summed E-state index contributed by atoms with van der Waals surface area (Å²) in [6, 6.07) is 0. The first-order chi connectivity index (χ1) is 8.32. The van der Waals surface area contributed by atoms with Crippen LogP contribution in [-0.2, 0) is 4.79 Å². The number of hydrogen-bond donors (Lipinski definition) is 1. The van der Waals surface area contributed by atoms with E-state index in [1.54, 1.807) is 4.90 Å². The lowest BCUT2D eigenvalue weighted by Gasteiger charge is -2.38. The molecular weight excluding hydrogens is 243 g/mol. The summed E-state index contributed by atoms with van der Waals surface area (Å²) in [6.07, 6.45) is 7.78. The quantitative estimate of drug-likeness (QED) is 0.799. The molecule has 0 aromatic rings. The lowest BCUT2D eigenvalue weighted by Crippen LogP contribution is -2.49. The third kappa shape index (κ3) is 3.21. The molecule has 1 aliphatic heterocycles. The Bertz CT molecular complexity index is 364. The lowest BCUT2D eigenvalue weighted by molar-refractivity contribution is -0.138. The number of allylic oxidation sites excluding steroid dienone is 2. The van der Waals surface area contributed by atoms with Gasteiger partial charge < -0.3 is 5.73 Å². The molecule has 1 heterocycles. The number of nitrogens with two attached hydrogens (primary N) is 1. The molecule has 1 amide bonds. The highest BCUT2D eigenvalue weighted by Gasteiger charge is 2.34. The molecule has 2 N–H and O–H groups in total. The van der Waals surface area contributed by atoms with Crippen molar-refractivity contribution in [1.29, 1.82) is 0 Å². The summed E-state index contributed by atoms with van der Waals surface area (Å²) >= 11 is 0. The monoisotopic (exact) mass is 268 g/mol. The van der Waals surface area contributed by atoms with Gasteiger partial charge in [0.1, 0.15) is 6.17 Å². The van der Waals surface area contributed by atoms with Gasteiger partial charge in [0.05, 0.1) is 0 Å². The third-order valence-electron chi connectivity index (χ3n) is 3.05. The van der Waals surface area contributed by atoms with E-state index in [2.05, 4.69) is 19.9 Å². The molecule has 0 saturated heterocycles. The molecular formula is C14H25N2OP. The molecule has 3 nitrogen and oxygen atoms in total. The number of hydrogen-bond acceptors (Lipinski definition) is 2. The highest BCUT2D eigenvalue weighted by Crippen LogP contribution is 2.47. The molecule has 18 heavy (non-hydrogen) atoms. The highest BCUT2D eigenvalue weighted by molar-refractivity contribution is 7.61. The van der Waals surface area contributed by atoms with Crippen molar-refractivity contribution in [3.63, 3.8) is 0 Å². The van der Waals surface area contributed by atoms with Gasteiger partial charge in [0.25, 0.3) is 0 Å². The van der Waals surface area contributed by atoms with Crippen molar-refractivity contribution in [1.82, 2.24) is 4.90 Å². The summed E-state index contributed by atoms with van der Waals surface area (Å²) < 4.78 is 0. The number of amides is 1. The Balaban J connectivity index is 3.09. The van der Waals surface area contributed by atoms with Gasteiger partial charge in [-0.3, -0.25) is 9.69 Å². The third-order valence-corrected chi connectivity index (χ3v) is 5.59. The zero-order valence-corrected chi connectivity index (χ0v) is 13.0. The SMILES string of the molecule is CCP(CC)C1=CC=CC(N)N1C(=O)C(C)(C)C. The Kier molecular flexibility index (Phi) is 5.12. The molecule has 0 radical (unpaired) electrons. The van der Waals surface area contributed by atoms with Crippen molar-refractivity contribution in [2.75, 3.05) is 12.3 Å². The average molecular weight is 268 g/mol. The van der Waals surface area contributed by atoms with Crippen molar-refractivity contribution < 1.29 is 4.79 Å². The van der Waals surface area contributed by atoms with Gasteiger partial charge in [-0.25, -0.2) is 0 Å². The van der Waals surface area contributed by atoms with E-state index < -0.39 is 5.41 Å². The molecule has 1 unspecified atom stereocenters. The fourth-order valence-corrected chi connectivity index (χ4v) is 3.90. The van der Waals surface area contributed by atoms with Crippen LogP contribution < -0.4 is 5.73 Å². The summed E-state index contributed by atoms with van der Waals surface area (Å²) in [5.74, 6) is 0.111. The van der Waals surface area contributed by atoms with Crippen molar-refractivity contribution >= 4 is 13.8 Å². The van der Waals surface area contributed by atoms with Crippen LogP contribution in [0.2, 0.25) is 0 Å². The minimum Gasteiger partial charge on any atom is -0.308 e. The molecule has 0 aliphatic carbocycles. The zero-order chi connectivity index (χ0) is 13.9. The second kappa shape index (κ2) is 5.99. The van der Waals surface area contributed by atoms with Crippen molar-refractivity contribution in [2.24, 2.45) is 11.1 Å². The minimum absolute atomic E-state index is 0.111. The predicted octanol–water partition coefficient (Wildman–Crippen LogP) is 3.08. The van der Waals surface area contributed by atoms with Crippen molar-refractivity contribution in [3.8, 4) is 0 Å². The Morgan fingerprint density at radius 3 is 2.39 bits per heavy atom.